The highest BCUT2D eigenvalue weighted by Gasteiger charge is 2.20. The third-order valence-electron chi connectivity index (χ3n) is 6.65. The fourth-order valence-corrected chi connectivity index (χ4v) is 4.93. The van der Waals surface area contributed by atoms with Gasteiger partial charge in [0.05, 0.1) is 52.1 Å². The lowest BCUT2D eigenvalue weighted by atomic mass is 9.94. The highest BCUT2D eigenvalue weighted by molar-refractivity contribution is 6.33. The number of aryl methyl sites for hydroxylation is 1. The lowest BCUT2D eigenvalue weighted by molar-refractivity contribution is -0.00640. The summed E-state index contributed by atoms with van der Waals surface area (Å²) in [6.07, 6.45) is 1.98. The molecule has 0 aliphatic heterocycles. The number of nitriles is 2. The molecule has 3 N–H and O–H groups in total. The third kappa shape index (κ3) is 4.17. The summed E-state index contributed by atoms with van der Waals surface area (Å²) in [5.41, 5.74) is 2.84. The van der Waals surface area contributed by atoms with Gasteiger partial charge in [0.15, 0.2) is 0 Å². The van der Waals surface area contributed by atoms with Crippen LogP contribution in [0.25, 0.3) is 44.0 Å². The molecule has 1 heterocycles. The van der Waals surface area contributed by atoms with Crippen molar-refractivity contribution in [3.8, 4) is 23.5 Å². The number of nitrogens with one attached hydrogen (secondary N) is 1. The van der Waals surface area contributed by atoms with E-state index in [-0.39, 0.29) is 6.61 Å². The number of aromatic amines is 1. The number of halogens is 1. The number of benzene rings is 4. The van der Waals surface area contributed by atoms with Gasteiger partial charge in [-0.1, -0.05) is 41.9 Å². The van der Waals surface area contributed by atoms with Crippen LogP contribution in [0.15, 0.2) is 54.6 Å². The van der Waals surface area contributed by atoms with E-state index in [9.17, 15) is 20.7 Å². The van der Waals surface area contributed by atoms with Gasteiger partial charge < -0.3 is 15.2 Å². The standard InChI is InChI=1S/C29H23ClN4O2/c1-29(36,16-35)11-3-4-17-7-9-21-23(12-17)24-13-20(30)8-10-22(24)27-26(21)33-28(34-27)25-18(14-31)5-2-6-19(25)15-32/h2,5-10,12-13,35-36H,3-4,11,16H2,1H3,(H,33,34). The first-order valence-corrected chi connectivity index (χ1v) is 12.0. The number of hydrogen-bond donors (Lipinski definition) is 3. The van der Waals surface area contributed by atoms with Gasteiger partial charge in [-0.15, -0.1) is 0 Å². The molecule has 0 fully saturated rings. The van der Waals surface area contributed by atoms with E-state index in [0.717, 1.165) is 51.0 Å². The van der Waals surface area contributed by atoms with Crippen molar-refractivity contribution in [1.29, 1.82) is 10.5 Å². The summed E-state index contributed by atoms with van der Waals surface area (Å²) in [7, 11) is 0. The second-order valence-corrected chi connectivity index (χ2v) is 9.78. The summed E-state index contributed by atoms with van der Waals surface area (Å²) in [5.74, 6) is 0.470. The van der Waals surface area contributed by atoms with Crippen molar-refractivity contribution >= 4 is 44.2 Å². The van der Waals surface area contributed by atoms with Gasteiger partial charge in [-0.05, 0) is 66.8 Å². The Morgan fingerprint density at radius 1 is 0.972 bits per heavy atom. The van der Waals surface area contributed by atoms with Crippen molar-refractivity contribution in [1.82, 2.24) is 9.97 Å². The second-order valence-electron chi connectivity index (χ2n) is 9.34. The molecule has 178 valence electrons. The lowest BCUT2D eigenvalue weighted by Gasteiger charge is -2.19. The molecule has 36 heavy (non-hydrogen) atoms. The van der Waals surface area contributed by atoms with Gasteiger partial charge in [0.2, 0.25) is 0 Å². The van der Waals surface area contributed by atoms with E-state index in [4.69, 9.17) is 16.6 Å². The maximum Gasteiger partial charge on any atom is 0.141 e. The highest BCUT2D eigenvalue weighted by Crippen LogP contribution is 2.38. The van der Waals surface area contributed by atoms with Crippen molar-refractivity contribution < 1.29 is 10.2 Å². The average Bonchev–Trinajstić information content (AvgIpc) is 3.33. The highest BCUT2D eigenvalue weighted by atomic mass is 35.5. The number of imidazole rings is 1. The molecule has 0 spiro atoms. The molecule has 0 saturated heterocycles. The van der Waals surface area contributed by atoms with Gasteiger partial charge in [0.25, 0.3) is 0 Å². The third-order valence-corrected chi connectivity index (χ3v) is 6.88. The Kier molecular flexibility index (Phi) is 6.12. The molecule has 0 aliphatic carbocycles. The predicted molar refractivity (Wildman–Crippen MR) is 142 cm³/mol. The molecule has 1 aromatic heterocycles. The van der Waals surface area contributed by atoms with Crippen molar-refractivity contribution in [2.75, 3.05) is 6.61 Å². The van der Waals surface area contributed by atoms with E-state index in [1.807, 2.05) is 24.3 Å². The summed E-state index contributed by atoms with van der Waals surface area (Å²) < 4.78 is 0. The van der Waals surface area contributed by atoms with E-state index < -0.39 is 5.60 Å². The van der Waals surface area contributed by atoms with Crippen LogP contribution in [0.4, 0.5) is 0 Å². The van der Waals surface area contributed by atoms with Crippen LogP contribution in [0.3, 0.4) is 0 Å². The summed E-state index contributed by atoms with van der Waals surface area (Å²) in [6, 6.07) is 21.3. The molecule has 0 saturated carbocycles. The number of aliphatic hydroxyl groups excluding tert-OH is 1. The summed E-state index contributed by atoms with van der Waals surface area (Å²) >= 11 is 6.39. The Morgan fingerprint density at radius 3 is 2.36 bits per heavy atom. The Balaban J connectivity index is 1.72. The van der Waals surface area contributed by atoms with Crippen LogP contribution < -0.4 is 0 Å². The molecule has 1 atom stereocenters. The number of aromatic nitrogens is 2. The minimum absolute atomic E-state index is 0.267. The molecule has 0 bridgehead atoms. The van der Waals surface area contributed by atoms with Crippen molar-refractivity contribution in [3.63, 3.8) is 0 Å². The number of hydrogen-bond acceptors (Lipinski definition) is 5. The fraction of sp³-hybridized carbons (Fsp3) is 0.207. The fourth-order valence-electron chi connectivity index (χ4n) is 4.76. The molecule has 4 aromatic carbocycles. The molecule has 6 nitrogen and oxygen atoms in total. The minimum atomic E-state index is -1.09. The van der Waals surface area contributed by atoms with Crippen molar-refractivity contribution in [2.45, 2.75) is 31.8 Å². The van der Waals surface area contributed by atoms with Gasteiger partial charge >= 0.3 is 0 Å². The summed E-state index contributed by atoms with van der Waals surface area (Å²) in [4.78, 5) is 8.26. The zero-order valence-corrected chi connectivity index (χ0v) is 20.4. The molecule has 0 aliphatic rings. The largest absolute Gasteiger partial charge is 0.393 e. The van der Waals surface area contributed by atoms with Crippen LogP contribution in [0.1, 0.15) is 36.5 Å². The number of aliphatic hydroxyl groups is 2. The van der Waals surface area contributed by atoms with E-state index in [1.165, 1.54) is 0 Å². The SMILES string of the molecule is CC(O)(CO)CCCc1ccc2c(c1)c1cc(Cl)ccc1c1nc(-c3c(C#N)cccc3C#N)[nH]c21. The number of fused-ring (bicyclic) bond motifs is 6. The maximum absolute atomic E-state index is 10.1. The molecule has 0 amide bonds. The maximum atomic E-state index is 10.1. The van der Waals surface area contributed by atoms with E-state index in [2.05, 4.69) is 29.3 Å². The summed E-state index contributed by atoms with van der Waals surface area (Å²) in [6.45, 7) is 1.37. The van der Waals surface area contributed by atoms with Crippen molar-refractivity contribution in [2.24, 2.45) is 0 Å². The van der Waals surface area contributed by atoms with E-state index in [0.29, 0.717) is 34.0 Å². The summed E-state index contributed by atoms with van der Waals surface area (Å²) in [5, 5.41) is 43.2. The van der Waals surface area contributed by atoms with Gasteiger partial charge in [0.1, 0.15) is 5.82 Å². The van der Waals surface area contributed by atoms with Crippen LogP contribution >= 0.6 is 11.6 Å². The predicted octanol–water partition coefficient (Wildman–Crippen LogP) is 6.00. The van der Waals surface area contributed by atoms with Gasteiger partial charge in [-0.25, -0.2) is 4.98 Å². The Labute approximate surface area is 213 Å². The zero-order chi connectivity index (χ0) is 25.4. The number of H-pyrrole nitrogens is 1. The van der Waals surface area contributed by atoms with Crippen molar-refractivity contribution in [3.05, 3.63) is 76.3 Å². The van der Waals surface area contributed by atoms with Crippen LogP contribution in [-0.2, 0) is 6.42 Å². The van der Waals surface area contributed by atoms with Crippen LogP contribution in [0.2, 0.25) is 5.02 Å². The molecule has 1 unspecified atom stereocenters. The molecule has 5 rings (SSSR count). The molecule has 5 aromatic rings. The first kappa shape index (κ1) is 23.8. The second kappa shape index (κ2) is 9.26. The average molecular weight is 495 g/mol. The molecule has 0 radical (unpaired) electrons. The first-order chi connectivity index (χ1) is 17.3. The smallest absolute Gasteiger partial charge is 0.141 e. The number of nitrogens with zero attached hydrogens (tertiary/aromatic N) is 3. The van der Waals surface area contributed by atoms with E-state index in [1.54, 1.807) is 25.1 Å². The van der Waals surface area contributed by atoms with Gasteiger partial charge in [0, 0.05) is 15.8 Å². The molecule has 7 heteroatoms. The Hall–Kier alpha value is -3.94. The quantitative estimate of drug-likeness (QED) is 0.250. The minimum Gasteiger partial charge on any atom is -0.393 e. The number of rotatable bonds is 6. The van der Waals surface area contributed by atoms with Gasteiger partial charge in [-0.2, -0.15) is 10.5 Å². The van der Waals surface area contributed by atoms with Gasteiger partial charge in [-0.3, -0.25) is 0 Å². The van der Waals surface area contributed by atoms with Crippen LogP contribution in [0.5, 0.6) is 0 Å². The van der Waals surface area contributed by atoms with E-state index >= 15 is 0 Å². The zero-order valence-electron chi connectivity index (χ0n) is 19.6. The molecular weight excluding hydrogens is 472 g/mol. The normalized spacial score (nSPS) is 13.1. The first-order valence-electron chi connectivity index (χ1n) is 11.7. The van der Waals surface area contributed by atoms with Crippen LogP contribution in [0, 0.1) is 22.7 Å². The van der Waals surface area contributed by atoms with Crippen LogP contribution in [-0.4, -0.2) is 32.4 Å². The monoisotopic (exact) mass is 494 g/mol. The topological polar surface area (TPSA) is 117 Å². The molecular formula is C29H23ClN4O2. The lowest BCUT2D eigenvalue weighted by Crippen LogP contribution is -2.28. The Morgan fingerprint density at radius 2 is 1.67 bits per heavy atom. The Bertz CT molecular complexity index is 1690.